The topological polar surface area (TPSA) is 138 Å². The number of aromatic nitrogens is 3. The van der Waals surface area contributed by atoms with Crippen LogP contribution < -0.4 is 16.2 Å². The Morgan fingerprint density at radius 2 is 1.98 bits per heavy atom. The second kappa shape index (κ2) is 13.7. The maximum Gasteiger partial charge on any atom is 0.407 e. The molecule has 0 aromatic carbocycles. The maximum absolute atomic E-state index is 14.5. The summed E-state index contributed by atoms with van der Waals surface area (Å²) >= 11 is 0. The van der Waals surface area contributed by atoms with Gasteiger partial charge in [-0.1, -0.05) is 19.9 Å². The number of aryl methyl sites for hydroxylation is 1. The highest BCUT2D eigenvalue weighted by Crippen LogP contribution is 2.23. The molecular formula is C29H37FN6O5. The van der Waals surface area contributed by atoms with E-state index in [0.717, 1.165) is 5.69 Å². The van der Waals surface area contributed by atoms with Crippen molar-refractivity contribution in [2.24, 2.45) is 5.92 Å². The van der Waals surface area contributed by atoms with Crippen LogP contribution in [0.5, 0.6) is 0 Å². The van der Waals surface area contributed by atoms with Gasteiger partial charge >= 0.3 is 6.09 Å². The number of nitrogens with one attached hydrogen (secondary N) is 3. The van der Waals surface area contributed by atoms with E-state index >= 15 is 0 Å². The van der Waals surface area contributed by atoms with Crippen molar-refractivity contribution >= 4 is 34.5 Å². The number of alkyl carbamates (subject to hydrolysis) is 1. The molecule has 1 unspecified atom stereocenters. The molecule has 3 N–H and O–H groups in total. The summed E-state index contributed by atoms with van der Waals surface area (Å²) in [6.07, 6.45) is 4.52. The summed E-state index contributed by atoms with van der Waals surface area (Å²) in [6, 6.07) is 3.81. The molecule has 0 saturated heterocycles. The van der Waals surface area contributed by atoms with Gasteiger partial charge < -0.3 is 29.8 Å². The Labute approximate surface area is 237 Å². The molecule has 0 bridgehead atoms. The van der Waals surface area contributed by atoms with Crippen LogP contribution >= 0.6 is 0 Å². The van der Waals surface area contributed by atoms with Crippen LogP contribution in [0.15, 0.2) is 41.3 Å². The molecule has 3 heterocycles. The van der Waals surface area contributed by atoms with E-state index in [2.05, 4.69) is 39.2 Å². The number of rotatable bonds is 11. The number of aromatic amines is 1. The van der Waals surface area contributed by atoms with Gasteiger partial charge in [0, 0.05) is 30.9 Å². The van der Waals surface area contributed by atoms with E-state index in [1.807, 2.05) is 0 Å². The summed E-state index contributed by atoms with van der Waals surface area (Å²) in [7, 11) is 4.41. The Morgan fingerprint density at radius 3 is 2.63 bits per heavy atom. The highest BCUT2D eigenvalue weighted by molar-refractivity contribution is 5.96. The minimum Gasteiger partial charge on any atom is -0.453 e. The predicted octanol–water partition coefficient (Wildman–Crippen LogP) is 3.51. The lowest BCUT2D eigenvalue weighted by atomic mass is 10.1. The van der Waals surface area contributed by atoms with Gasteiger partial charge in [0.05, 0.1) is 31.1 Å². The summed E-state index contributed by atoms with van der Waals surface area (Å²) in [6.45, 7) is 5.97. The van der Waals surface area contributed by atoms with Crippen LogP contribution in [0.1, 0.15) is 43.8 Å². The first-order valence-electron chi connectivity index (χ1n) is 13.3. The molecule has 12 heteroatoms. The molecule has 41 heavy (non-hydrogen) atoms. The summed E-state index contributed by atoms with van der Waals surface area (Å²) < 4.78 is 20.6. The summed E-state index contributed by atoms with van der Waals surface area (Å²) in [5.74, 6) is -0.961. The Balaban J connectivity index is 1.83. The fourth-order valence-electron chi connectivity index (χ4n) is 4.24. The molecule has 11 nitrogen and oxygen atoms in total. The number of ether oxygens (including phenoxy) is 1. The van der Waals surface area contributed by atoms with Crippen molar-refractivity contribution in [1.29, 1.82) is 0 Å². The lowest BCUT2D eigenvalue weighted by Gasteiger charge is -2.18. The van der Waals surface area contributed by atoms with Crippen LogP contribution in [0.3, 0.4) is 0 Å². The second-order valence-corrected chi connectivity index (χ2v) is 10.4. The smallest absolute Gasteiger partial charge is 0.407 e. The molecule has 0 aliphatic heterocycles. The number of carbonyl (C=O) groups is 3. The zero-order valence-corrected chi connectivity index (χ0v) is 24.2. The molecule has 0 aliphatic carbocycles. The van der Waals surface area contributed by atoms with Crippen molar-refractivity contribution in [2.75, 3.05) is 26.5 Å². The number of carbonyl (C=O) groups excluding carboxylic acids is 3. The summed E-state index contributed by atoms with van der Waals surface area (Å²) in [5, 5.41) is 5.47. The van der Waals surface area contributed by atoms with E-state index in [0.29, 0.717) is 41.1 Å². The number of likely N-dealkylation sites (N-methyl/N-ethyl adjacent to an activating group) is 1. The van der Waals surface area contributed by atoms with E-state index in [1.54, 1.807) is 39.2 Å². The van der Waals surface area contributed by atoms with Gasteiger partial charge in [0.25, 0.3) is 5.56 Å². The average molecular weight is 569 g/mol. The first-order chi connectivity index (χ1) is 19.4. The number of methoxy groups -OCH3 is 1. The number of hydrogen-bond donors (Lipinski definition) is 3. The van der Waals surface area contributed by atoms with Crippen LogP contribution in [-0.2, 0) is 27.3 Å². The van der Waals surface area contributed by atoms with E-state index in [1.165, 1.54) is 34.9 Å². The third-order valence-electron chi connectivity index (χ3n) is 6.45. The molecule has 3 aromatic rings. The van der Waals surface area contributed by atoms with Gasteiger partial charge in [-0.05, 0) is 56.4 Å². The van der Waals surface area contributed by atoms with Crippen LogP contribution in [-0.4, -0.2) is 64.6 Å². The molecule has 0 spiro atoms. The number of nitrogens with zero attached hydrogens (tertiary/aromatic N) is 3. The third-order valence-corrected chi connectivity index (χ3v) is 6.45. The highest BCUT2D eigenvalue weighted by Gasteiger charge is 2.22. The van der Waals surface area contributed by atoms with Crippen molar-refractivity contribution in [2.45, 2.75) is 52.6 Å². The minimum atomic E-state index is -1.03. The molecular weight excluding hydrogens is 531 g/mol. The second-order valence-electron chi connectivity index (χ2n) is 10.4. The van der Waals surface area contributed by atoms with Crippen molar-refractivity contribution in [3.05, 3.63) is 69.8 Å². The molecule has 3 aromatic heterocycles. The Bertz CT molecular complexity index is 1510. The van der Waals surface area contributed by atoms with Crippen molar-refractivity contribution < 1.29 is 23.5 Å². The van der Waals surface area contributed by atoms with Gasteiger partial charge in [-0.25, -0.2) is 9.18 Å². The number of fused-ring (bicyclic) bond motifs is 1. The largest absolute Gasteiger partial charge is 0.453 e. The number of pyridine rings is 2. The quantitative estimate of drug-likeness (QED) is 0.303. The fraction of sp³-hybridized carbons (Fsp3) is 0.414. The Hall–Kier alpha value is -4.48. The Kier molecular flexibility index (Phi) is 10.4. The summed E-state index contributed by atoms with van der Waals surface area (Å²) in [4.78, 5) is 59.0. The van der Waals surface area contributed by atoms with Crippen LogP contribution in [0.25, 0.3) is 10.9 Å². The molecule has 0 radical (unpaired) electrons. The van der Waals surface area contributed by atoms with Crippen LogP contribution in [0.2, 0.25) is 0 Å². The van der Waals surface area contributed by atoms with Crippen LogP contribution in [0.4, 0.5) is 14.9 Å². The van der Waals surface area contributed by atoms with Gasteiger partial charge in [0.2, 0.25) is 11.8 Å². The van der Waals surface area contributed by atoms with Gasteiger partial charge in [-0.3, -0.25) is 19.4 Å². The number of H-pyrrole nitrogens is 1. The number of allylic oxidation sites excluding steroid dienone is 1. The zero-order chi connectivity index (χ0) is 30.3. The molecule has 3 amide bonds. The molecule has 3 rings (SSSR count). The third kappa shape index (κ3) is 8.03. The first kappa shape index (κ1) is 31.1. The van der Waals surface area contributed by atoms with Crippen molar-refractivity contribution in [1.82, 2.24) is 24.8 Å². The van der Waals surface area contributed by atoms with Gasteiger partial charge in [0.15, 0.2) is 5.82 Å². The van der Waals surface area contributed by atoms with E-state index in [-0.39, 0.29) is 24.6 Å². The molecule has 0 saturated carbocycles. The standard InChI is InChI=1S/C29H37FN6O5/c1-17(2)13-24-26-20(21(30)15-31-24)14-19(32-26)16-36-18(3)11-12-23(28(36)39)33-27(38)22(34-29(40)41-6)9-7-8-10-25(37)35(4)5/h8,10-12,14-15,17,22,32H,7,9,13,16H2,1-6H3,(H,33,38)(H,34,40)/b10-8+. The van der Waals surface area contributed by atoms with E-state index in [9.17, 15) is 23.6 Å². The van der Waals surface area contributed by atoms with Crippen molar-refractivity contribution in [3.8, 4) is 0 Å². The normalized spacial score (nSPS) is 12.1. The van der Waals surface area contributed by atoms with E-state index in [4.69, 9.17) is 0 Å². The zero-order valence-electron chi connectivity index (χ0n) is 24.2. The summed E-state index contributed by atoms with van der Waals surface area (Å²) in [5.41, 5.74) is 2.13. The highest BCUT2D eigenvalue weighted by atomic mass is 19.1. The molecule has 1 atom stereocenters. The van der Waals surface area contributed by atoms with Gasteiger partial charge in [-0.15, -0.1) is 0 Å². The van der Waals surface area contributed by atoms with Crippen LogP contribution in [0, 0.1) is 18.7 Å². The average Bonchev–Trinajstić information content (AvgIpc) is 3.36. The maximum atomic E-state index is 14.5. The number of amides is 3. The molecule has 0 fully saturated rings. The van der Waals surface area contributed by atoms with Gasteiger partial charge in [-0.2, -0.15) is 0 Å². The molecule has 220 valence electrons. The first-order valence-corrected chi connectivity index (χ1v) is 13.3. The minimum absolute atomic E-state index is 0.0139. The number of halogens is 1. The van der Waals surface area contributed by atoms with E-state index < -0.39 is 29.4 Å². The number of anilines is 1. The fourth-order valence-corrected chi connectivity index (χ4v) is 4.24. The lowest BCUT2D eigenvalue weighted by molar-refractivity contribution is -0.123. The molecule has 0 aliphatic rings. The SMILES string of the molecule is COC(=O)NC(CC/C=C/C(=O)N(C)C)C(=O)Nc1ccc(C)n(Cc2cc3c(F)cnc(CC(C)C)c3[nH]2)c1=O. The number of hydrogen-bond acceptors (Lipinski definition) is 6. The Morgan fingerprint density at radius 1 is 1.24 bits per heavy atom. The van der Waals surface area contributed by atoms with Gasteiger partial charge in [0.1, 0.15) is 11.7 Å². The predicted molar refractivity (Wildman–Crippen MR) is 154 cm³/mol. The van der Waals surface area contributed by atoms with Crippen molar-refractivity contribution in [3.63, 3.8) is 0 Å². The monoisotopic (exact) mass is 568 g/mol. The lowest BCUT2D eigenvalue weighted by Crippen LogP contribution is -2.44.